The van der Waals surface area contributed by atoms with Gasteiger partial charge in [-0.15, -0.1) is 0 Å². The molecule has 2 aliphatic heterocycles. The number of hydrogen-bond donors (Lipinski definition) is 0. The van der Waals surface area contributed by atoms with Crippen LogP contribution in [0.15, 0.2) is 0 Å². The Hall–Kier alpha value is -0.120. The predicted octanol–water partition coefficient (Wildman–Crippen LogP) is 0.718. The molecule has 0 aromatic rings. The third-order valence-electron chi connectivity index (χ3n) is 4.77. The Morgan fingerprint density at radius 3 is 2.19 bits per heavy atom. The molecular weight excluding hydrogens is 198 g/mol. The highest BCUT2D eigenvalue weighted by Gasteiger charge is 2.43. The molecule has 2 saturated heterocycles. The van der Waals surface area contributed by atoms with E-state index in [9.17, 15) is 0 Å². The van der Waals surface area contributed by atoms with Crippen molar-refractivity contribution in [3.63, 3.8) is 0 Å². The van der Waals surface area contributed by atoms with Gasteiger partial charge in [0.05, 0.1) is 0 Å². The van der Waals surface area contributed by atoms with Crippen LogP contribution in [0.4, 0.5) is 0 Å². The fourth-order valence-corrected chi connectivity index (χ4v) is 3.28. The molecule has 0 bridgehead atoms. The van der Waals surface area contributed by atoms with E-state index in [4.69, 9.17) is 0 Å². The summed E-state index contributed by atoms with van der Waals surface area (Å²) in [4.78, 5) is 7.82. The summed E-state index contributed by atoms with van der Waals surface area (Å²) in [5.74, 6) is 0.952. The molecular formula is C13H25N3. The van der Waals surface area contributed by atoms with E-state index in [-0.39, 0.29) is 0 Å². The summed E-state index contributed by atoms with van der Waals surface area (Å²) in [6.45, 7) is 11.6. The van der Waals surface area contributed by atoms with E-state index in [0.29, 0.717) is 5.54 Å². The molecule has 2 heterocycles. The Kier molecular flexibility index (Phi) is 2.73. The van der Waals surface area contributed by atoms with Gasteiger partial charge >= 0.3 is 0 Å². The molecule has 0 atom stereocenters. The Morgan fingerprint density at radius 1 is 1.06 bits per heavy atom. The van der Waals surface area contributed by atoms with Gasteiger partial charge in [-0.3, -0.25) is 4.90 Å². The molecule has 0 radical (unpaired) electrons. The van der Waals surface area contributed by atoms with Crippen molar-refractivity contribution >= 4 is 0 Å². The van der Waals surface area contributed by atoms with Crippen molar-refractivity contribution in [3.8, 4) is 0 Å². The summed E-state index contributed by atoms with van der Waals surface area (Å²) in [5, 5.41) is 0. The molecule has 0 spiro atoms. The second kappa shape index (κ2) is 3.97. The zero-order valence-electron chi connectivity index (χ0n) is 10.8. The maximum Gasteiger partial charge on any atom is 0.0183 e. The monoisotopic (exact) mass is 223 g/mol. The fourth-order valence-electron chi connectivity index (χ4n) is 3.28. The van der Waals surface area contributed by atoms with E-state index in [2.05, 4.69) is 28.7 Å². The van der Waals surface area contributed by atoms with Gasteiger partial charge in [0.25, 0.3) is 0 Å². The first-order valence-corrected chi connectivity index (χ1v) is 6.82. The molecule has 1 saturated carbocycles. The van der Waals surface area contributed by atoms with Gasteiger partial charge in [-0.05, 0) is 32.7 Å². The second-order valence-corrected chi connectivity index (χ2v) is 6.37. The summed E-state index contributed by atoms with van der Waals surface area (Å²) in [6, 6.07) is 0. The van der Waals surface area contributed by atoms with Crippen molar-refractivity contribution in [2.75, 3.05) is 52.9 Å². The molecule has 1 aliphatic carbocycles. The zero-order valence-corrected chi connectivity index (χ0v) is 10.8. The van der Waals surface area contributed by atoms with Crippen LogP contribution in [0.1, 0.15) is 19.8 Å². The number of piperazine rings is 1. The first-order valence-electron chi connectivity index (χ1n) is 6.82. The van der Waals surface area contributed by atoms with Gasteiger partial charge in [0.2, 0.25) is 0 Å². The first kappa shape index (κ1) is 11.0. The van der Waals surface area contributed by atoms with Crippen molar-refractivity contribution in [2.24, 2.45) is 5.92 Å². The maximum absolute atomic E-state index is 2.72. The maximum atomic E-state index is 2.72. The van der Waals surface area contributed by atoms with E-state index in [1.54, 1.807) is 0 Å². The Morgan fingerprint density at radius 2 is 1.69 bits per heavy atom. The van der Waals surface area contributed by atoms with Gasteiger partial charge in [-0.1, -0.05) is 0 Å². The van der Waals surface area contributed by atoms with E-state index >= 15 is 0 Å². The van der Waals surface area contributed by atoms with E-state index in [0.717, 1.165) is 5.92 Å². The molecule has 3 heteroatoms. The lowest BCUT2D eigenvalue weighted by Crippen LogP contribution is -2.55. The highest BCUT2D eigenvalue weighted by atomic mass is 15.3. The predicted molar refractivity (Wildman–Crippen MR) is 66.6 cm³/mol. The smallest absolute Gasteiger partial charge is 0.0183 e. The van der Waals surface area contributed by atoms with Crippen molar-refractivity contribution in [1.82, 2.24) is 14.7 Å². The van der Waals surface area contributed by atoms with Gasteiger partial charge in [0.15, 0.2) is 0 Å². The molecule has 0 N–H and O–H groups in total. The van der Waals surface area contributed by atoms with Crippen LogP contribution in [0.5, 0.6) is 0 Å². The van der Waals surface area contributed by atoms with Crippen LogP contribution in [0, 0.1) is 5.92 Å². The highest BCUT2D eigenvalue weighted by molar-refractivity contribution is 5.01. The average molecular weight is 223 g/mol. The first-order chi connectivity index (χ1) is 7.66. The number of nitrogens with zero attached hydrogens (tertiary/aromatic N) is 3. The second-order valence-electron chi connectivity index (χ2n) is 6.37. The molecule has 3 rings (SSSR count). The van der Waals surface area contributed by atoms with Crippen LogP contribution in [-0.2, 0) is 0 Å². The fraction of sp³-hybridized carbons (Fsp3) is 1.00. The van der Waals surface area contributed by atoms with E-state index in [1.165, 1.54) is 58.7 Å². The quantitative estimate of drug-likeness (QED) is 0.698. The SMILES string of the molecule is CN1CC(CN2CCN(C3(C)CC3)CC2)C1. The molecule has 3 fully saturated rings. The number of likely N-dealkylation sites (tertiary alicyclic amines) is 1. The van der Waals surface area contributed by atoms with Crippen LogP contribution in [-0.4, -0.2) is 73.1 Å². The minimum atomic E-state index is 0.600. The normalized spacial score (nSPS) is 32.6. The van der Waals surface area contributed by atoms with Crippen molar-refractivity contribution in [2.45, 2.75) is 25.3 Å². The van der Waals surface area contributed by atoms with Crippen LogP contribution in [0.3, 0.4) is 0 Å². The third-order valence-corrected chi connectivity index (χ3v) is 4.77. The minimum Gasteiger partial charge on any atom is -0.306 e. The molecule has 3 nitrogen and oxygen atoms in total. The standard InChI is InChI=1S/C13H25N3/c1-13(3-4-13)16-7-5-15(6-8-16)11-12-9-14(2)10-12/h12H,3-11H2,1-2H3. The van der Waals surface area contributed by atoms with Gasteiger partial charge < -0.3 is 9.80 Å². The molecule has 0 unspecified atom stereocenters. The molecule has 16 heavy (non-hydrogen) atoms. The summed E-state index contributed by atoms with van der Waals surface area (Å²) < 4.78 is 0. The summed E-state index contributed by atoms with van der Waals surface area (Å²) in [7, 11) is 2.22. The average Bonchev–Trinajstić information content (AvgIpc) is 2.97. The largest absolute Gasteiger partial charge is 0.306 e. The van der Waals surface area contributed by atoms with Crippen LogP contribution >= 0.6 is 0 Å². The number of rotatable bonds is 3. The van der Waals surface area contributed by atoms with E-state index < -0.39 is 0 Å². The lowest BCUT2D eigenvalue weighted by molar-refractivity contribution is 0.0471. The minimum absolute atomic E-state index is 0.600. The molecule has 3 aliphatic rings. The van der Waals surface area contributed by atoms with Crippen LogP contribution in [0.2, 0.25) is 0 Å². The topological polar surface area (TPSA) is 9.72 Å². The lowest BCUT2D eigenvalue weighted by Gasteiger charge is -2.43. The van der Waals surface area contributed by atoms with Crippen molar-refractivity contribution in [3.05, 3.63) is 0 Å². The molecule has 0 amide bonds. The van der Waals surface area contributed by atoms with Crippen molar-refractivity contribution in [1.29, 1.82) is 0 Å². The van der Waals surface area contributed by atoms with Gasteiger partial charge in [-0.2, -0.15) is 0 Å². The molecule has 92 valence electrons. The van der Waals surface area contributed by atoms with E-state index in [1.807, 2.05) is 0 Å². The molecule has 0 aromatic carbocycles. The van der Waals surface area contributed by atoms with Gasteiger partial charge in [0.1, 0.15) is 0 Å². The zero-order chi connectivity index (χ0) is 11.2. The Labute approximate surface area is 99.4 Å². The van der Waals surface area contributed by atoms with Crippen LogP contribution < -0.4 is 0 Å². The Bertz CT molecular complexity index is 248. The highest BCUT2D eigenvalue weighted by Crippen LogP contribution is 2.41. The lowest BCUT2D eigenvalue weighted by atomic mass is 10.00. The van der Waals surface area contributed by atoms with Crippen molar-refractivity contribution < 1.29 is 0 Å². The molecule has 0 aromatic heterocycles. The van der Waals surface area contributed by atoms with Gasteiger partial charge in [-0.25, -0.2) is 0 Å². The van der Waals surface area contributed by atoms with Crippen LogP contribution in [0.25, 0.3) is 0 Å². The summed E-state index contributed by atoms with van der Waals surface area (Å²) in [5.41, 5.74) is 0.600. The third kappa shape index (κ3) is 2.13. The number of hydrogen-bond acceptors (Lipinski definition) is 3. The Balaban J connectivity index is 1.41. The van der Waals surface area contributed by atoms with Gasteiger partial charge in [0, 0.05) is 51.4 Å². The summed E-state index contributed by atoms with van der Waals surface area (Å²) >= 11 is 0. The summed E-state index contributed by atoms with van der Waals surface area (Å²) in [6.07, 6.45) is 2.86.